The van der Waals surface area contributed by atoms with E-state index >= 15 is 0 Å². The van der Waals surface area contributed by atoms with Crippen LogP contribution in [0.2, 0.25) is 10.0 Å². The highest BCUT2D eigenvalue weighted by Gasteiger charge is 2.18. The molecule has 2 heterocycles. The van der Waals surface area contributed by atoms with Gasteiger partial charge in [0.05, 0.1) is 16.2 Å². The topological polar surface area (TPSA) is 82.2 Å². The van der Waals surface area contributed by atoms with Crippen molar-refractivity contribution in [1.82, 2.24) is 14.9 Å². The Hall–Kier alpha value is -2.25. The molecule has 1 aliphatic rings. The van der Waals surface area contributed by atoms with Gasteiger partial charge in [-0.15, -0.1) is 0 Å². The molecule has 138 valence electrons. The van der Waals surface area contributed by atoms with E-state index in [1.165, 1.54) is 6.42 Å². The van der Waals surface area contributed by atoms with E-state index < -0.39 is 0 Å². The summed E-state index contributed by atoms with van der Waals surface area (Å²) in [6.45, 7) is 1.55. The van der Waals surface area contributed by atoms with Gasteiger partial charge in [-0.05, 0) is 37.5 Å². The molecule has 9 heteroatoms. The normalized spacial score (nSPS) is 14.0. The van der Waals surface area contributed by atoms with Crippen LogP contribution in [0.15, 0.2) is 24.4 Å². The number of nitrogens with one attached hydrogen (secondary N) is 3. The van der Waals surface area contributed by atoms with Crippen LogP contribution in [0, 0.1) is 0 Å². The lowest BCUT2D eigenvalue weighted by Gasteiger charge is -2.27. The summed E-state index contributed by atoms with van der Waals surface area (Å²) in [6.07, 6.45) is 4.81. The highest BCUT2D eigenvalue weighted by atomic mass is 35.5. The number of aromatic nitrogens is 2. The van der Waals surface area contributed by atoms with E-state index in [1.54, 1.807) is 31.4 Å². The molecule has 1 aromatic carbocycles. The first-order valence-corrected chi connectivity index (χ1v) is 9.15. The Morgan fingerprint density at radius 3 is 2.62 bits per heavy atom. The maximum atomic E-state index is 12.4. The zero-order valence-electron chi connectivity index (χ0n) is 14.4. The minimum atomic E-state index is -0.130. The Morgan fingerprint density at radius 1 is 1.15 bits per heavy atom. The molecule has 1 fully saturated rings. The van der Waals surface area contributed by atoms with Gasteiger partial charge in [-0.25, -0.2) is 9.78 Å². The molecular formula is C17H20Cl2N6O. The molecule has 26 heavy (non-hydrogen) atoms. The van der Waals surface area contributed by atoms with Crippen LogP contribution in [0.5, 0.6) is 0 Å². The number of piperidine rings is 1. The Balaban J connectivity index is 1.72. The first-order chi connectivity index (χ1) is 12.6. The number of amides is 2. The summed E-state index contributed by atoms with van der Waals surface area (Å²) in [5.41, 5.74) is 1.24. The van der Waals surface area contributed by atoms with Crippen molar-refractivity contribution in [3.63, 3.8) is 0 Å². The van der Waals surface area contributed by atoms with Crippen LogP contribution in [-0.2, 0) is 0 Å². The maximum absolute atomic E-state index is 12.4. The molecule has 3 N–H and O–H groups in total. The van der Waals surface area contributed by atoms with Gasteiger partial charge in [0.2, 0.25) is 5.95 Å². The summed E-state index contributed by atoms with van der Waals surface area (Å²) < 4.78 is 0. The molecular weight excluding hydrogens is 375 g/mol. The maximum Gasteiger partial charge on any atom is 0.321 e. The van der Waals surface area contributed by atoms with Crippen LogP contribution in [0.1, 0.15) is 19.3 Å². The molecule has 0 atom stereocenters. The van der Waals surface area contributed by atoms with Crippen LogP contribution in [-0.4, -0.2) is 41.0 Å². The lowest BCUT2D eigenvalue weighted by Crippen LogP contribution is -2.38. The fraction of sp³-hybridized carbons (Fsp3) is 0.353. The number of likely N-dealkylation sites (tertiary alicyclic amines) is 1. The Morgan fingerprint density at radius 2 is 1.92 bits per heavy atom. The molecule has 7 nitrogen and oxygen atoms in total. The molecule has 1 aliphatic heterocycles. The van der Waals surface area contributed by atoms with Crippen molar-refractivity contribution in [2.45, 2.75) is 19.3 Å². The number of halogens is 2. The van der Waals surface area contributed by atoms with E-state index in [4.69, 9.17) is 23.2 Å². The predicted molar refractivity (Wildman–Crippen MR) is 106 cm³/mol. The van der Waals surface area contributed by atoms with E-state index in [0.29, 0.717) is 33.2 Å². The predicted octanol–water partition coefficient (Wildman–Crippen LogP) is 4.59. The molecule has 0 bridgehead atoms. The monoisotopic (exact) mass is 394 g/mol. The number of hydrogen-bond acceptors (Lipinski definition) is 5. The lowest BCUT2D eigenvalue weighted by atomic mass is 10.1. The van der Waals surface area contributed by atoms with Gasteiger partial charge in [0.25, 0.3) is 0 Å². The molecule has 0 spiro atoms. The number of urea groups is 1. The highest BCUT2D eigenvalue weighted by Crippen LogP contribution is 2.27. The number of nitrogens with zero attached hydrogens (tertiary/aromatic N) is 3. The van der Waals surface area contributed by atoms with Crippen LogP contribution in [0.4, 0.5) is 27.9 Å². The lowest BCUT2D eigenvalue weighted by molar-refractivity contribution is 0.200. The quantitative estimate of drug-likeness (QED) is 0.706. The average Bonchev–Trinajstić information content (AvgIpc) is 2.66. The zero-order valence-corrected chi connectivity index (χ0v) is 15.9. The number of rotatable bonds is 4. The van der Waals surface area contributed by atoms with Crippen molar-refractivity contribution in [3.8, 4) is 0 Å². The fourth-order valence-corrected chi connectivity index (χ4v) is 3.02. The van der Waals surface area contributed by atoms with E-state index in [0.717, 1.165) is 25.9 Å². The number of hydrogen-bond donors (Lipinski definition) is 3. The molecule has 0 unspecified atom stereocenters. The smallest absolute Gasteiger partial charge is 0.321 e. The average molecular weight is 395 g/mol. The summed E-state index contributed by atoms with van der Waals surface area (Å²) >= 11 is 11.9. The first-order valence-electron chi connectivity index (χ1n) is 8.39. The summed E-state index contributed by atoms with van der Waals surface area (Å²) in [6, 6.07) is 5.04. The minimum Gasteiger partial charge on any atom is -0.371 e. The van der Waals surface area contributed by atoms with Crippen molar-refractivity contribution >= 4 is 52.4 Å². The molecule has 3 rings (SSSR count). The summed E-state index contributed by atoms with van der Waals surface area (Å²) in [5, 5.41) is 9.83. The van der Waals surface area contributed by atoms with E-state index in [2.05, 4.69) is 25.9 Å². The van der Waals surface area contributed by atoms with Gasteiger partial charge >= 0.3 is 6.03 Å². The number of carbonyl (C=O) groups excluding carboxylic acids is 1. The van der Waals surface area contributed by atoms with Gasteiger partial charge in [-0.3, -0.25) is 0 Å². The van der Waals surface area contributed by atoms with Gasteiger partial charge in [0.1, 0.15) is 5.69 Å². The summed E-state index contributed by atoms with van der Waals surface area (Å²) in [4.78, 5) is 22.8. The number of benzene rings is 1. The van der Waals surface area contributed by atoms with Crippen LogP contribution in [0.25, 0.3) is 0 Å². The third kappa shape index (κ3) is 4.47. The Bertz CT molecular complexity index is 795. The van der Waals surface area contributed by atoms with E-state index in [1.807, 2.05) is 4.90 Å². The van der Waals surface area contributed by atoms with Crippen LogP contribution < -0.4 is 16.0 Å². The molecule has 2 aromatic rings. The zero-order chi connectivity index (χ0) is 18.5. The van der Waals surface area contributed by atoms with Crippen molar-refractivity contribution in [1.29, 1.82) is 0 Å². The van der Waals surface area contributed by atoms with Gasteiger partial charge in [0.15, 0.2) is 5.82 Å². The number of carbonyl (C=O) groups is 1. The second-order valence-electron chi connectivity index (χ2n) is 5.94. The minimum absolute atomic E-state index is 0.130. The second-order valence-corrected chi connectivity index (χ2v) is 6.75. The molecule has 1 saturated heterocycles. The Labute approximate surface area is 162 Å². The van der Waals surface area contributed by atoms with Gasteiger partial charge in [-0.2, -0.15) is 4.98 Å². The van der Waals surface area contributed by atoms with Gasteiger partial charge < -0.3 is 20.9 Å². The van der Waals surface area contributed by atoms with Gasteiger partial charge in [-0.1, -0.05) is 23.2 Å². The largest absolute Gasteiger partial charge is 0.371 e. The SMILES string of the molecule is CNc1nc(Nc2ccc(Cl)c(Cl)c2)ncc1NC(=O)N1CCCCC1. The van der Waals surface area contributed by atoms with Crippen molar-refractivity contribution in [2.75, 3.05) is 36.1 Å². The molecule has 0 aliphatic carbocycles. The van der Waals surface area contributed by atoms with Gasteiger partial charge in [0, 0.05) is 25.8 Å². The van der Waals surface area contributed by atoms with Crippen LogP contribution >= 0.6 is 23.2 Å². The van der Waals surface area contributed by atoms with Crippen molar-refractivity contribution < 1.29 is 4.79 Å². The van der Waals surface area contributed by atoms with Crippen molar-refractivity contribution in [2.24, 2.45) is 0 Å². The summed E-state index contributed by atoms with van der Waals surface area (Å²) in [5.74, 6) is 0.900. The summed E-state index contributed by atoms with van der Waals surface area (Å²) in [7, 11) is 1.74. The second kappa shape index (κ2) is 8.42. The van der Waals surface area contributed by atoms with E-state index in [9.17, 15) is 4.79 Å². The first kappa shape index (κ1) is 18.5. The Kier molecular flexibility index (Phi) is 6.00. The molecule has 0 saturated carbocycles. The van der Waals surface area contributed by atoms with E-state index in [-0.39, 0.29) is 6.03 Å². The fourth-order valence-electron chi connectivity index (χ4n) is 2.72. The highest BCUT2D eigenvalue weighted by molar-refractivity contribution is 6.42. The van der Waals surface area contributed by atoms with Crippen molar-refractivity contribution in [3.05, 3.63) is 34.4 Å². The molecule has 0 radical (unpaired) electrons. The third-order valence-corrected chi connectivity index (χ3v) is 4.83. The van der Waals surface area contributed by atoms with Crippen LogP contribution in [0.3, 0.4) is 0 Å². The molecule has 2 amide bonds. The molecule has 1 aromatic heterocycles. The standard InChI is InChI=1S/C17H20Cl2N6O/c1-20-15-14(23-17(26)25-7-3-2-4-8-25)10-21-16(24-15)22-11-5-6-12(18)13(19)9-11/h5-6,9-10H,2-4,7-8H2,1H3,(H,23,26)(H2,20,21,22,24). The number of anilines is 4. The third-order valence-electron chi connectivity index (χ3n) is 4.09.